The summed E-state index contributed by atoms with van der Waals surface area (Å²) in [6.45, 7) is 9.71. The van der Waals surface area contributed by atoms with E-state index in [0.29, 0.717) is 13.0 Å². The van der Waals surface area contributed by atoms with Crippen LogP contribution in [-0.2, 0) is 21.6 Å². The molecule has 0 N–H and O–H groups in total. The normalized spacial score (nSPS) is 17.8. The average Bonchev–Trinajstić information content (AvgIpc) is 3.09. The number of para-hydroxylation sites is 1. The van der Waals surface area contributed by atoms with Crippen molar-refractivity contribution in [2.45, 2.75) is 57.7 Å². The van der Waals surface area contributed by atoms with Gasteiger partial charge in [-0.25, -0.2) is 0 Å². The van der Waals surface area contributed by atoms with Crippen molar-refractivity contribution < 1.29 is 19.0 Å². The Morgan fingerprint density at radius 3 is 2.55 bits per heavy atom. The number of ether oxygens (including phenoxy) is 3. The zero-order valence-corrected chi connectivity index (χ0v) is 18.9. The first-order valence-electron chi connectivity index (χ1n) is 11.2. The summed E-state index contributed by atoms with van der Waals surface area (Å²) in [6.07, 6.45) is 2.55. The van der Waals surface area contributed by atoms with Crippen LogP contribution in [0.3, 0.4) is 0 Å². The second-order valence-electron chi connectivity index (χ2n) is 9.68. The number of hydrogen-bond acceptors (Lipinski definition) is 5. The minimum Gasteiger partial charge on any atom is -0.492 e. The Balaban J connectivity index is 1.31. The standard InChI is InChI=1S/C26H33NO4/c1-25(2,3)31-24(28)11-14-27-15-12-26(13-16-27)19-30-23-17-20(9-10-22(23)26)18-29-21-7-5-4-6-8-21/h4-10,17H,11-16,18-19H2,1-3H3. The summed E-state index contributed by atoms with van der Waals surface area (Å²) >= 11 is 0. The number of nitrogens with zero attached hydrogens (tertiary/aromatic N) is 1. The molecular weight excluding hydrogens is 390 g/mol. The van der Waals surface area contributed by atoms with Crippen molar-refractivity contribution in [2.24, 2.45) is 0 Å². The summed E-state index contributed by atoms with van der Waals surface area (Å²) in [5, 5.41) is 0. The molecule has 2 heterocycles. The maximum Gasteiger partial charge on any atom is 0.307 e. The first-order valence-corrected chi connectivity index (χ1v) is 11.2. The maximum atomic E-state index is 12.0. The fourth-order valence-electron chi connectivity index (χ4n) is 4.45. The number of carbonyl (C=O) groups is 1. The number of esters is 1. The predicted molar refractivity (Wildman–Crippen MR) is 121 cm³/mol. The van der Waals surface area contributed by atoms with Crippen LogP contribution in [0.2, 0.25) is 0 Å². The van der Waals surface area contributed by atoms with Gasteiger partial charge in [-0.3, -0.25) is 4.79 Å². The van der Waals surface area contributed by atoms with E-state index in [-0.39, 0.29) is 11.4 Å². The maximum absolute atomic E-state index is 12.0. The van der Waals surface area contributed by atoms with E-state index in [1.54, 1.807) is 0 Å². The van der Waals surface area contributed by atoms with Crippen LogP contribution < -0.4 is 9.47 Å². The van der Waals surface area contributed by atoms with Crippen molar-refractivity contribution in [1.82, 2.24) is 4.90 Å². The predicted octanol–water partition coefficient (Wildman–Crippen LogP) is 4.72. The third-order valence-corrected chi connectivity index (χ3v) is 6.14. The van der Waals surface area contributed by atoms with Gasteiger partial charge in [0, 0.05) is 17.5 Å². The van der Waals surface area contributed by atoms with E-state index in [4.69, 9.17) is 14.2 Å². The van der Waals surface area contributed by atoms with E-state index in [1.165, 1.54) is 5.56 Å². The molecule has 0 bridgehead atoms. The minimum atomic E-state index is -0.418. The summed E-state index contributed by atoms with van der Waals surface area (Å²) in [5.41, 5.74) is 2.12. The van der Waals surface area contributed by atoms with Crippen LogP contribution in [0.4, 0.5) is 0 Å². The molecule has 0 amide bonds. The van der Waals surface area contributed by atoms with Gasteiger partial charge in [-0.1, -0.05) is 30.3 Å². The number of benzene rings is 2. The van der Waals surface area contributed by atoms with Gasteiger partial charge in [0.2, 0.25) is 0 Å². The molecule has 5 heteroatoms. The van der Waals surface area contributed by atoms with Crippen molar-refractivity contribution in [3.8, 4) is 11.5 Å². The highest BCUT2D eigenvalue weighted by molar-refractivity contribution is 5.70. The lowest BCUT2D eigenvalue weighted by atomic mass is 9.74. The van der Waals surface area contributed by atoms with Gasteiger partial charge in [-0.05, 0) is 70.5 Å². The van der Waals surface area contributed by atoms with E-state index < -0.39 is 5.60 Å². The molecule has 4 rings (SSSR count). The molecule has 0 radical (unpaired) electrons. The summed E-state index contributed by atoms with van der Waals surface area (Å²) < 4.78 is 17.4. The van der Waals surface area contributed by atoms with Crippen LogP contribution in [0.5, 0.6) is 11.5 Å². The van der Waals surface area contributed by atoms with Crippen LogP contribution in [-0.4, -0.2) is 42.7 Å². The molecule has 31 heavy (non-hydrogen) atoms. The van der Waals surface area contributed by atoms with Gasteiger partial charge in [-0.2, -0.15) is 0 Å². The third-order valence-electron chi connectivity index (χ3n) is 6.14. The zero-order valence-electron chi connectivity index (χ0n) is 18.9. The van der Waals surface area contributed by atoms with Gasteiger partial charge in [0.1, 0.15) is 23.7 Å². The zero-order chi connectivity index (χ0) is 21.9. The Morgan fingerprint density at radius 2 is 1.84 bits per heavy atom. The first kappa shape index (κ1) is 21.7. The Bertz CT molecular complexity index is 895. The molecule has 1 fully saturated rings. The van der Waals surface area contributed by atoms with Crippen molar-refractivity contribution in [3.05, 3.63) is 59.7 Å². The third kappa shape index (κ3) is 5.40. The van der Waals surface area contributed by atoms with Crippen molar-refractivity contribution in [2.75, 3.05) is 26.2 Å². The first-order chi connectivity index (χ1) is 14.8. The van der Waals surface area contributed by atoms with Crippen LogP contribution >= 0.6 is 0 Å². The van der Waals surface area contributed by atoms with Crippen LogP contribution in [0.1, 0.15) is 51.2 Å². The molecule has 2 aromatic rings. The van der Waals surface area contributed by atoms with Crippen LogP contribution in [0, 0.1) is 0 Å². The monoisotopic (exact) mass is 423 g/mol. The molecule has 0 atom stereocenters. The molecule has 0 unspecified atom stereocenters. The number of likely N-dealkylation sites (tertiary alicyclic amines) is 1. The smallest absolute Gasteiger partial charge is 0.307 e. The number of fused-ring (bicyclic) bond motifs is 2. The topological polar surface area (TPSA) is 48.0 Å². The SMILES string of the molecule is CC(C)(C)OC(=O)CCN1CCC2(CC1)COc1cc(COc3ccccc3)ccc12. The van der Waals surface area contributed by atoms with E-state index >= 15 is 0 Å². The Labute approximate surface area is 185 Å². The number of hydrogen-bond donors (Lipinski definition) is 0. The van der Waals surface area contributed by atoms with Gasteiger partial charge in [0.05, 0.1) is 13.0 Å². The highest BCUT2D eigenvalue weighted by Gasteiger charge is 2.43. The van der Waals surface area contributed by atoms with E-state index in [1.807, 2.05) is 51.1 Å². The molecular formula is C26H33NO4. The molecule has 0 aliphatic carbocycles. The van der Waals surface area contributed by atoms with Crippen LogP contribution in [0.15, 0.2) is 48.5 Å². The number of carbonyl (C=O) groups excluding carboxylic acids is 1. The van der Waals surface area contributed by atoms with Crippen molar-refractivity contribution in [1.29, 1.82) is 0 Å². The molecule has 1 spiro atoms. The average molecular weight is 424 g/mol. The van der Waals surface area contributed by atoms with Crippen molar-refractivity contribution in [3.63, 3.8) is 0 Å². The fourth-order valence-corrected chi connectivity index (χ4v) is 4.45. The van der Waals surface area contributed by atoms with Crippen molar-refractivity contribution >= 4 is 5.97 Å². The second kappa shape index (κ2) is 8.91. The molecule has 2 aliphatic heterocycles. The summed E-state index contributed by atoms with van der Waals surface area (Å²) in [6, 6.07) is 16.4. The summed E-state index contributed by atoms with van der Waals surface area (Å²) in [5.74, 6) is 1.75. The molecule has 166 valence electrons. The summed E-state index contributed by atoms with van der Waals surface area (Å²) in [4.78, 5) is 14.4. The molecule has 2 aliphatic rings. The Morgan fingerprint density at radius 1 is 1.10 bits per heavy atom. The molecule has 2 aromatic carbocycles. The molecule has 0 saturated carbocycles. The Hall–Kier alpha value is -2.53. The fraction of sp³-hybridized carbons (Fsp3) is 0.500. The van der Waals surface area contributed by atoms with Gasteiger partial charge in [0.15, 0.2) is 0 Å². The van der Waals surface area contributed by atoms with Gasteiger partial charge >= 0.3 is 5.97 Å². The quantitative estimate of drug-likeness (QED) is 0.629. The highest BCUT2D eigenvalue weighted by atomic mass is 16.6. The lowest BCUT2D eigenvalue weighted by molar-refractivity contribution is -0.155. The highest BCUT2D eigenvalue weighted by Crippen LogP contribution is 2.45. The minimum absolute atomic E-state index is 0.0938. The van der Waals surface area contributed by atoms with Gasteiger partial charge in [-0.15, -0.1) is 0 Å². The molecule has 1 saturated heterocycles. The number of rotatable bonds is 6. The lowest BCUT2D eigenvalue weighted by Crippen LogP contribution is -2.44. The van der Waals surface area contributed by atoms with E-state index in [2.05, 4.69) is 23.1 Å². The molecule has 5 nitrogen and oxygen atoms in total. The number of piperidine rings is 1. The van der Waals surface area contributed by atoms with Crippen LogP contribution in [0.25, 0.3) is 0 Å². The molecule has 0 aromatic heterocycles. The largest absolute Gasteiger partial charge is 0.492 e. The second-order valence-corrected chi connectivity index (χ2v) is 9.68. The Kier molecular flexibility index (Phi) is 6.24. The lowest BCUT2D eigenvalue weighted by Gasteiger charge is -2.38. The van der Waals surface area contributed by atoms with Gasteiger partial charge < -0.3 is 19.1 Å². The van der Waals surface area contributed by atoms with Gasteiger partial charge in [0.25, 0.3) is 0 Å². The van der Waals surface area contributed by atoms with E-state index in [9.17, 15) is 4.79 Å². The van der Waals surface area contributed by atoms with E-state index in [0.717, 1.165) is 56.1 Å². The summed E-state index contributed by atoms with van der Waals surface area (Å²) in [7, 11) is 0.